The van der Waals surface area contributed by atoms with Crippen molar-refractivity contribution in [2.75, 3.05) is 5.75 Å². The molecule has 0 aromatic heterocycles. The Morgan fingerprint density at radius 2 is 2.00 bits per heavy atom. The zero-order valence-corrected chi connectivity index (χ0v) is 7.87. The summed E-state index contributed by atoms with van der Waals surface area (Å²) in [5.74, 6) is 1.86. The van der Waals surface area contributed by atoms with Crippen LogP contribution in [-0.2, 0) is 0 Å². The Balaban J connectivity index is 3.20. The van der Waals surface area contributed by atoms with Gasteiger partial charge in [0.05, 0.1) is 0 Å². The summed E-state index contributed by atoms with van der Waals surface area (Å²) in [4.78, 5) is 0. The van der Waals surface area contributed by atoms with E-state index in [0.29, 0.717) is 5.92 Å². The molecule has 1 unspecified atom stereocenters. The average Bonchev–Trinajstić information content (AvgIpc) is 1.85. The number of thioether (sulfide) groups is 1. The molecule has 0 aliphatic heterocycles. The second-order valence-corrected chi connectivity index (χ2v) is 4.54. The van der Waals surface area contributed by atoms with Crippen LogP contribution in [0.25, 0.3) is 0 Å². The van der Waals surface area contributed by atoms with Crippen molar-refractivity contribution in [1.82, 2.24) is 0 Å². The molecule has 0 fully saturated rings. The second-order valence-electron chi connectivity index (χ2n) is 2.93. The minimum Gasteiger partial charge on any atom is -0.313 e. The highest BCUT2D eigenvalue weighted by atomic mass is 32.2. The molecule has 2 heteroatoms. The minimum atomic E-state index is 0.671. The number of hydrogen-bond donors (Lipinski definition) is 1. The molecule has 0 aromatic rings. The lowest BCUT2D eigenvalue weighted by Gasteiger charge is -2.09. The standard InChI is InChI=1S/C8H17NS/c1-7(2)10-6-8(3)4-5-9/h5,7-9H,4,6H2,1-3H3. The van der Waals surface area contributed by atoms with Crippen LogP contribution in [0.15, 0.2) is 0 Å². The molecule has 0 aliphatic carbocycles. The first-order valence-corrected chi connectivity index (χ1v) is 4.82. The van der Waals surface area contributed by atoms with E-state index in [1.165, 1.54) is 12.0 Å². The lowest BCUT2D eigenvalue weighted by molar-refractivity contribution is 0.700. The van der Waals surface area contributed by atoms with Crippen LogP contribution in [-0.4, -0.2) is 17.2 Å². The lowest BCUT2D eigenvalue weighted by atomic mass is 10.1. The van der Waals surface area contributed by atoms with Gasteiger partial charge in [-0.2, -0.15) is 11.8 Å². The van der Waals surface area contributed by atoms with E-state index < -0.39 is 0 Å². The Kier molecular flexibility index (Phi) is 5.79. The molecule has 0 saturated heterocycles. The van der Waals surface area contributed by atoms with E-state index in [1.54, 1.807) is 0 Å². The van der Waals surface area contributed by atoms with Gasteiger partial charge in [-0.1, -0.05) is 20.8 Å². The molecular formula is C8H17NS. The Morgan fingerprint density at radius 3 is 2.40 bits per heavy atom. The van der Waals surface area contributed by atoms with Gasteiger partial charge >= 0.3 is 0 Å². The summed E-state index contributed by atoms with van der Waals surface area (Å²) in [6.45, 7) is 6.62. The normalized spacial score (nSPS) is 13.6. The Morgan fingerprint density at radius 1 is 1.40 bits per heavy atom. The van der Waals surface area contributed by atoms with E-state index in [4.69, 9.17) is 5.41 Å². The van der Waals surface area contributed by atoms with Gasteiger partial charge in [-0.3, -0.25) is 0 Å². The van der Waals surface area contributed by atoms with Crippen LogP contribution in [0.1, 0.15) is 27.2 Å². The molecular weight excluding hydrogens is 142 g/mol. The zero-order chi connectivity index (χ0) is 7.98. The van der Waals surface area contributed by atoms with Crippen molar-refractivity contribution < 1.29 is 0 Å². The van der Waals surface area contributed by atoms with Crippen molar-refractivity contribution >= 4 is 18.0 Å². The molecule has 60 valence electrons. The van der Waals surface area contributed by atoms with Crippen LogP contribution >= 0.6 is 11.8 Å². The highest BCUT2D eigenvalue weighted by molar-refractivity contribution is 7.99. The van der Waals surface area contributed by atoms with E-state index in [2.05, 4.69) is 20.8 Å². The van der Waals surface area contributed by atoms with Gasteiger partial charge in [0.15, 0.2) is 0 Å². The average molecular weight is 159 g/mol. The molecule has 0 aromatic carbocycles. The molecule has 0 amide bonds. The monoisotopic (exact) mass is 159 g/mol. The predicted octanol–water partition coefficient (Wildman–Crippen LogP) is 2.80. The summed E-state index contributed by atoms with van der Waals surface area (Å²) in [7, 11) is 0. The third-order valence-corrected chi connectivity index (χ3v) is 2.66. The van der Waals surface area contributed by atoms with Crippen molar-refractivity contribution in [3.8, 4) is 0 Å². The summed E-state index contributed by atoms with van der Waals surface area (Å²) in [6.07, 6.45) is 2.44. The van der Waals surface area contributed by atoms with Gasteiger partial charge in [0, 0.05) is 0 Å². The quantitative estimate of drug-likeness (QED) is 0.613. The maximum Gasteiger partial charge on any atom is -0.000958 e. The molecule has 0 radical (unpaired) electrons. The molecule has 1 N–H and O–H groups in total. The number of rotatable bonds is 5. The van der Waals surface area contributed by atoms with Crippen molar-refractivity contribution in [2.24, 2.45) is 5.92 Å². The summed E-state index contributed by atoms with van der Waals surface area (Å²) in [5, 5.41) is 7.61. The Hall–Kier alpha value is 0.0200. The summed E-state index contributed by atoms with van der Waals surface area (Å²) in [5.41, 5.74) is 0. The highest BCUT2D eigenvalue weighted by Crippen LogP contribution is 2.15. The summed E-state index contributed by atoms with van der Waals surface area (Å²) in [6, 6.07) is 0. The van der Waals surface area contributed by atoms with E-state index in [1.807, 2.05) is 11.8 Å². The van der Waals surface area contributed by atoms with Crippen molar-refractivity contribution in [1.29, 1.82) is 5.41 Å². The molecule has 0 rings (SSSR count). The molecule has 0 bridgehead atoms. The molecule has 1 atom stereocenters. The maximum atomic E-state index is 6.88. The first-order chi connectivity index (χ1) is 4.66. The van der Waals surface area contributed by atoms with Gasteiger partial charge in [-0.25, -0.2) is 0 Å². The second kappa shape index (κ2) is 5.78. The van der Waals surface area contributed by atoms with Gasteiger partial charge in [-0.15, -0.1) is 0 Å². The van der Waals surface area contributed by atoms with Crippen LogP contribution in [0.5, 0.6) is 0 Å². The van der Waals surface area contributed by atoms with Crippen LogP contribution < -0.4 is 0 Å². The molecule has 0 aliphatic rings. The molecule has 0 heterocycles. The highest BCUT2D eigenvalue weighted by Gasteiger charge is 2.01. The third kappa shape index (κ3) is 6.14. The van der Waals surface area contributed by atoms with E-state index in [-0.39, 0.29) is 0 Å². The third-order valence-electron chi connectivity index (χ3n) is 1.23. The van der Waals surface area contributed by atoms with Crippen LogP contribution in [0.2, 0.25) is 0 Å². The van der Waals surface area contributed by atoms with Crippen LogP contribution in [0.3, 0.4) is 0 Å². The largest absolute Gasteiger partial charge is 0.313 e. The number of hydrogen-bond acceptors (Lipinski definition) is 2. The fourth-order valence-electron chi connectivity index (χ4n) is 0.626. The first-order valence-electron chi connectivity index (χ1n) is 3.77. The van der Waals surface area contributed by atoms with Crippen molar-refractivity contribution in [2.45, 2.75) is 32.4 Å². The van der Waals surface area contributed by atoms with Gasteiger partial charge in [0.2, 0.25) is 0 Å². The molecule has 1 nitrogen and oxygen atoms in total. The summed E-state index contributed by atoms with van der Waals surface area (Å²) < 4.78 is 0. The van der Waals surface area contributed by atoms with E-state index >= 15 is 0 Å². The van der Waals surface area contributed by atoms with Gasteiger partial charge in [-0.05, 0) is 29.6 Å². The predicted molar refractivity (Wildman–Crippen MR) is 50.2 cm³/mol. The SMILES string of the molecule is CC(CC=N)CSC(C)C. The van der Waals surface area contributed by atoms with Crippen LogP contribution in [0.4, 0.5) is 0 Å². The van der Waals surface area contributed by atoms with E-state index in [9.17, 15) is 0 Å². The Labute approximate surface area is 68.1 Å². The fraction of sp³-hybridized carbons (Fsp3) is 0.875. The van der Waals surface area contributed by atoms with Gasteiger partial charge in [0.25, 0.3) is 0 Å². The van der Waals surface area contributed by atoms with E-state index in [0.717, 1.165) is 11.7 Å². The molecule has 0 saturated carbocycles. The number of nitrogens with one attached hydrogen (secondary N) is 1. The van der Waals surface area contributed by atoms with Crippen LogP contribution in [0, 0.1) is 11.3 Å². The van der Waals surface area contributed by atoms with Gasteiger partial charge < -0.3 is 5.41 Å². The minimum absolute atomic E-state index is 0.671. The fourth-order valence-corrected chi connectivity index (χ4v) is 1.48. The van der Waals surface area contributed by atoms with Gasteiger partial charge in [0.1, 0.15) is 0 Å². The smallest absolute Gasteiger partial charge is 0.000958 e. The molecule has 10 heavy (non-hydrogen) atoms. The Bertz CT molecular complexity index is 91.3. The lowest BCUT2D eigenvalue weighted by Crippen LogP contribution is -2.01. The van der Waals surface area contributed by atoms with Crippen molar-refractivity contribution in [3.63, 3.8) is 0 Å². The first kappa shape index (κ1) is 10.0. The maximum absolute atomic E-state index is 6.88. The molecule has 0 spiro atoms. The van der Waals surface area contributed by atoms with Crippen molar-refractivity contribution in [3.05, 3.63) is 0 Å². The summed E-state index contributed by atoms with van der Waals surface area (Å²) >= 11 is 1.98. The zero-order valence-electron chi connectivity index (χ0n) is 7.05. The topological polar surface area (TPSA) is 23.9 Å².